The van der Waals surface area contributed by atoms with Crippen LogP contribution in [-0.2, 0) is 4.79 Å². The van der Waals surface area contributed by atoms with E-state index in [9.17, 15) is 4.79 Å². The summed E-state index contributed by atoms with van der Waals surface area (Å²) >= 11 is 3.00. The lowest BCUT2D eigenvalue weighted by Crippen LogP contribution is -2.22. The molecule has 0 aliphatic carbocycles. The van der Waals surface area contributed by atoms with Gasteiger partial charge in [-0.25, -0.2) is 10.4 Å². The van der Waals surface area contributed by atoms with Gasteiger partial charge in [-0.1, -0.05) is 96.7 Å². The molecule has 1 aromatic heterocycles. The molecule has 2 heterocycles. The van der Waals surface area contributed by atoms with Crippen molar-refractivity contribution in [1.82, 2.24) is 10.4 Å². The van der Waals surface area contributed by atoms with Gasteiger partial charge in [-0.05, 0) is 36.2 Å². The molecule has 192 valence electrons. The zero-order valence-electron chi connectivity index (χ0n) is 21.2. The van der Waals surface area contributed by atoms with E-state index in [0.717, 1.165) is 42.8 Å². The van der Waals surface area contributed by atoms with Crippen molar-refractivity contribution in [3.63, 3.8) is 0 Å². The Labute approximate surface area is 235 Å². The second-order valence-electron chi connectivity index (χ2n) is 9.11. The summed E-state index contributed by atoms with van der Waals surface area (Å²) in [4.78, 5) is 17.3. The first kappa shape index (κ1) is 25.1. The number of carbonyl (C=O) groups excluding carboxylic acids is 1. The Morgan fingerprint density at radius 3 is 2.49 bits per heavy atom. The van der Waals surface area contributed by atoms with Gasteiger partial charge in [0.25, 0.3) is 5.91 Å². The van der Waals surface area contributed by atoms with E-state index in [1.807, 2.05) is 78.9 Å². The maximum atomic E-state index is 12.7. The van der Waals surface area contributed by atoms with E-state index in [2.05, 4.69) is 46.7 Å². The van der Waals surface area contributed by atoms with Crippen molar-refractivity contribution >= 4 is 51.2 Å². The number of nitrogens with zero attached hydrogens (tertiary/aromatic N) is 2. The highest BCUT2D eigenvalue weighted by atomic mass is 32.2. The molecule has 1 amide bonds. The van der Waals surface area contributed by atoms with Crippen LogP contribution in [0.25, 0.3) is 16.0 Å². The molecule has 39 heavy (non-hydrogen) atoms. The van der Waals surface area contributed by atoms with Crippen LogP contribution in [0.5, 0.6) is 5.75 Å². The second kappa shape index (κ2) is 11.3. The van der Waals surface area contributed by atoms with Crippen LogP contribution in [0.3, 0.4) is 0 Å². The maximum absolute atomic E-state index is 12.7. The molecule has 1 aliphatic rings. The molecule has 0 bridgehead atoms. The maximum Gasteiger partial charge on any atom is 0.250 e. The van der Waals surface area contributed by atoms with E-state index in [1.165, 1.54) is 22.9 Å². The number of para-hydroxylation sites is 2. The fraction of sp³-hybridized carbons (Fsp3) is 0.0938. The molecular weight excluding hydrogens is 523 g/mol. The summed E-state index contributed by atoms with van der Waals surface area (Å²) in [6.45, 7) is 2.12. The Hall–Kier alpha value is -4.20. The predicted octanol–water partition coefficient (Wildman–Crippen LogP) is 7.43. The lowest BCUT2D eigenvalue weighted by Gasteiger charge is -2.30. The van der Waals surface area contributed by atoms with Crippen LogP contribution < -0.4 is 10.2 Å². The number of hydrazone groups is 1. The quantitative estimate of drug-likeness (QED) is 0.131. The highest BCUT2D eigenvalue weighted by molar-refractivity contribution is 8.01. The van der Waals surface area contributed by atoms with Crippen LogP contribution in [0.15, 0.2) is 118 Å². The van der Waals surface area contributed by atoms with Gasteiger partial charge >= 0.3 is 0 Å². The molecule has 0 saturated carbocycles. The number of aromatic nitrogens is 1. The Morgan fingerprint density at radius 1 is 0.949 bits per heavy atom. The number of benzene rings is 4. The molecule has 1 aliphatic heterocycles. The molecule has 1 atom stereocenters. The third kappa shape index (κ3) is 5.37. The van der Waals surface area contributed by atoms with Gasteiger partial charge in [-0.3, -0.25) is 4.79 Å². The lowest BCUT2D eigenvalue weighted by atomic mass is 9.80. The van der Waals surface area contributed by atoms with E-state index < -0.39 is 0 Å². The third-order valence-electron chi connectivity index (χ3n) is 6.54. The zero-order valence-corrected chi connectivity index (χ0v) is 22.8. The monoisotopic (exact) mass is 547 g/mol. The van der Waals surface area contributed by atoms with Gasteiger partial charge in [0.2, 0.25) is 0 Å². The van der Waals surface area contributed by atoms with Crippen molar-refractivity contribution in [2.75, 3.05) is 5.75 Å². The SMILES string of the molecule is Cc1ccccc1[C@@H]1C(C=NNC(=O)CSc2nc3ccccc3s2)=C(c2ccccc2)Oc2ccccc21. The van der Waals surface area contributed by atoms with E-state index in [0.29, 0.717) is 0 Å². The largest absolute Gasteiger partial charge is 0.456 e. The summed E-state index contributed by atoms with van der Waals surface area (Å²) in [6.07, 6.45) is 1.73. The number of thioether (sulfide) groups is 1. The van der Waals surface area contributed by atoms with Gasteiger partial charge in [0.1, 0.15) is 11.5 Å². The smallest absolute Gasteiger partial charge is 0.250 e. The molecule has 0 unspecified atom stereocenters. The van der Waals surface area contributed by atoms with E-state index in [4.69, 9.17) is 4.74 Å². The van der Waals surface area contributed by atoms with Crippen LogP contribution in [0.2, 0.25) is 0 Å². The van der Waals surface area contributed by atoms with Gasteiger partial charge < -0.3 is 4.74 Å². The third-order valence-corrected chi connectivity index (χ3v) is 8.72. The zero-order chi connectivity index (χ0) is 26.6. The summed E-state index contributed by atoms with van der Waals surface area (Å²) in [6, 6.07) is 34.5. The first-order chi connectivity index (χ1) is 19.2. The standard InChI is InChI=1S/C32H25N3O2S2/c1-21-11-5-6-14-23(21)30-24-15-7-9-17-27(24)37-31(22-12-3-2-4-13-22)25(30)19-33-35-29(36)20-38-32-34-26-16-8-10-18-28(26)39-32/h2-19,30H,20H2,1H3,(H,35,36)/t30-/m0/s1. The number of hydrogen-bond donors (Lipinski definition) is 1. The topological polar surface area (TPSA) is 63.6 Å². The summed E-state index contributed by atoms with van der Waals surface area (Å²) in [5.74, 6) is 1.47. The second-order valence-corrected chi connectivity index (χ2v) is 11.4. The minimum Gasteiger partial charge on any atom is -0.456 e. The molecule has 0 saturated heterocycles. The molecule has 0 radical (unpaired) electrons. The number of rotatable bonds is 7. The number of allylic oxidation sites excluding steroid dienone is 1. The van der Waals surface area contributed by atoms with Gasteiger partial charge in [-0.2, -0.15) is 5.10 Å². The van der Waals surface area contributed by atoms with Crippen molar-refractivity contribution in [2.24, 2.45) is 5.10 Å². The van der Waals surface area contributed by atoms with Gasteiger partial charge in [0.15, 0.2) is 4.34 Å². The van der Waals surface area contributed by atoms with Crippen molar-refractivity contribution in [2.45, 2.75) is 17.2 Å². The molecule has 6 rings (SSSR count). The lowest BCUT2D eigenvalue weighted by molar-refractivity contribution is -0.118. The summed E-state index contributed by atoms with van der Waals surface area (Å²) in [5, 5.41) is 4.41. The molecule has 5 nitrogen and oxygen atoms in total. The fourth-order valence-electron chi connectivity index (χ4n) is 4.72. The highest BCUT2D eigenvalue weighted by Crippen LogP contribution is 2.45. The van der Waals surface area contributed by atoms with Gasteiger partial charge in [-0.15, -0.1) is 11.3 Å². The number of ether oxygens (including phenoxy) is 1. The van der Waals surface area contributed by atoms with Crippen molar-refractivity contribution in [1.29, 1.82) is 0 Å². The fourth-order valence-corrected chi connectivity index (χ4v) is 6.58. The number of nitrogens with one attached hydrogen (secondary N) is 1. The molecule has 7 heteroatoms. The van der Waals surface area contributed by atoms with Crippen LogP contribution in [-0.4, -0.2) is 22.9 Å². The number of aryl methyl sites for hydroxylation is 1. The van der Waals surface area contributed by atoms with Crippen LogP contribution in [0.4, 0.5) is 0 Å². The number of thiazole rings is 1. The molecular formula is C32H25N3O2S2. The average molecular weight is 548 g/mol. The Bertz CT molecular complexity index is 1680. The number of fused-ring (bicyclic) bond motifs is 2. The van der Waals surface area contributed by atoms with Crippen molar-refractivity contribution < 1.29 is 9.53 Å². The van der Waals surface area contributed by atoms with Crippen LogP contribution >= 0.6 is 23.1 Å². The first-order valence-electron chi connectivity index (χ1n) is 12.6. The predicted molar refractivity (Wildman–Crippen MR) is 160 cm³/mol. The van der Waals surface area contributed by atoms with Crippen LogP contribution in [0.1, 0.15) is 28.2 Å². The Kier molecular flexibility index (Phi) is 7.25. The van der Waals surface area contributed by atoms with Gasteiger partial charge in [0.05, 0.1) is 22.2 Å². The molecule has 0 spiro atoms. The Balaban J connectivity index is 1.30. The van der Waals surface area contributed by atoms with E-state index in [-0.39, 0.29) is 17.6 Å². The Morgan fingerprint density at radius 2 is 1.67 bits per heavy atom. The number of carbonyl (C=O) groups is 1. The van der Waals surface area contributed by atoms with Crippen molar-refractivity contribution in [3.05, 3.63) is 131 Å². The normalized spacial score (nSPS) is 14.8. The molecule has 5 aromatic rings. The molecule has 1 N–H and O–H groups in total. The molecule has 0 fully saturated rings. The summed E-state index contributed by atoms with van der Waals surface area (Å²) in [7, 11) is 0. The van der Waals surface area contributed by atoms with E-state index >= 15 is 0 Å². The van der Waals surface area contributed by atoms with Crippen molar-refractivity contribution in [3.8, 4) is 5.75 Å². The number of hydrogen-bond acceptors (Lipinski definition) is 6. The number of amides is 1. The summed E-state index contributed by atoms with van der Waals surface area (Å²) < 4.78 is 8.45. The van der Waals surface area contributed by atoms with E-state index in [1.54, 1.807) is 17.6 Å². The van der Waals surface area contributed by atoms with Gasteiger partial charge in [0, 0.05) is 22.6 Å². The summed E-state index contributed by atoms with van der Waals surface area (Å²) in [5.41, 5.74) is 8.90. The highest BCUT2D eigenvalue weighted by Gasteiger charge is 2.31. The first-order valence-corrected chi connectivity index (χ1v) is 14.4. The van der Waals surface area contributed by atoms with Crippen LogP contribution in [0, 0.1) is 6.92 Å². The minimum atomic E-state index is -0.193. The average Bonchev–Trinajstić information content (AvgIpc) is 3.40. The molecule has 4 aromatic carbocycles. The minimum absolute atomic E-state index is 0.107.